The molecule has 0 spiro atoms. The molecule has 4 unspecified atom stereocenters. The van der Waals surface area contributed by atoms with E-state index in [0.29, 0.717) is 11.8 Å². The lowest BCUT2D eigenvalue weighted by Gasteiger charge is -2.30. The molecule has 1 saturated carbocycles. The first-order valence-corrected chi connectivity index (χ1v) is 7.31. The molecular weight excluding hydrogens is 220 g/mol. The van der Waals surface area contributed by atoms with Crippen molar-refractivity contribution in [2.24, 2.45) is 23.7 Å². The fourth-order valence-corrected chi connectivity index (χ4v) is 4.03. The summed E-state index contributed by atoms with van der Waals surface area (Å²) in [5, 5.41) is 7.80. The first-order chi connectivity index (χ1) is 8.58. The van der Waals surface area contributed by atoms with E-state index in [1.165, 1.54) is 17.8 Å². The van der Waals surface area contributed by atoms with Crippen molar-refractivity contribution in [3.05, 3.63) is 29.6 Å². The Morgan fingerprint density at radius 1 is 1.17 bits per heavy atom. The van der Waals surface area contributed by atoms with E-state index < -0.39 is 0 Å². The van der Waals surface area contributed by atoms with Crippen LogP contribution >= 0.6 is 0 Å². The molecule has 18 heavy (non-hydrogen) atoms. The van der Waals surface area contributed by atoms with Gasteiger partial charge >= 0.3 is 0 Å². The van der Waals surface area contributed by atoms with Gasteiger partial charge in [0.05, 0.1) is 5.69 Å². The van der Waals surface area contributed by atoms with Crippen LogP contribution in [0, 0.1) is 23.7 Å². The van der Waals surface area contributed by atoms with Gasteiger partial charge in [-0.25, -0.2) is 0 Å². The zero-order valence-corrected chi connectivity index (χ0v) is 11.9. The molecule has 2 aliphatic rings. The number of rotatable bonds is 3. The van der Waals surface area contributed by atoms with E-state index >= 15 is 0 Å². The van der Waals surface area contributed by atoms with Crippen molar-refractivity contribution in [3.63, 3.8) is 0 Å². The fourth-order valence-electron chi connectivity index (χ4n) is 4.03. The van der Waals surface area contributed by atoms with Gasteiger partial charge in [0, 0.05) is 11.6 Å². The Morgan fingerprint density at radius 3 is 2.50 bits per heavy atom. The van der Waals surface area contributed by atoms with Gasteiger partial charge in [0.25, 0.3) is 0 Å². The van der Waals surface area contributed by atoms with Gasteiger partial charge in [-0.05, 0) is 42.1 Å². The molecule has 0 amide bonds. The molecule has 1 aromatic rings. The van der Waals surface area contributed by atoms with Crippen LogP contribution in [0.5, 0.6) is 0 Å². The smallest absolute Gasteiger partial charge is 0.0650 e. The van der Waals surface area contributed by atoms with Gasteiger partial charge in [-0.2, -0.15) is 5.10 Å². The van der Waals surface area contributed by atoms with Crippen LogP contribution in [0.1, 0.15) is 57.3 Å². The summed E-state index contributed by atoms with van der Waals surface area (Å²) in [6.45, 7) is 9.15. The number of nitrogens with one attached hydrogen (secondary N) is 1. The van der Waals surface area contributed by atoms with Crippen LogP contribution in [-0.4, -0.2) is 10.2 Å². The predicted octanol–water partition coefficient (Wildman–Crippen LogP) is 4.09. The highest BCUT2D eigenvalue weighted by molar-refractivity contribution is 5.26. The third-order valence-electron chi connectivity index (χ3n) is 4.86. The standard InChI is InChI=1S/C16H24N2/c1-9(2)13-8-14(18-17-13)16-12-6-5-11(7-12)15(16)10(3)4/h5-6,8-12,15-16H,7H2,1-4H3,(H,17,18). The van der Waals surface area contributed by atoms with Gasteiger partial charge in [-0.3, -0.25) is 5.10 Å². The number of hydrogen-bond acceptors (Lipinski definition) is 1. The number of aromatic nitrogens is 2. The second kappa shape index (κ2) is 4.25. The van der Waals surface area contributed by atoms with Gasteiger partial charge in [0.15, 0.2) is 0 Å². The Hall–Kier alpha value is -1.05. The van der Waals surface area contributed by atoms with Crippen molar-refractivity contribution < 1.29 is 0 Å². The molecule has 0 radical (unpaired) electrons. The first-order valence-electron chi connectivity index (χ1n) is 7.31. The van der Waals surface area contributed by atoms with Crippen molar-refractivity contribution >= 4 is 0 Å². The van der Waals surface area contributed by atoms with Crippen molar-refractivity contribution in [3.8, 4) is 0 Å². The highest BCUT2D eigenvalue weighted by Gasteiger charge is 2.46. The zero-order chi connectivity index (χ0) is 12.9. The quantitative estimate of drug-likeness (QED) is 0.797. The number of fused-ring (bicyclic) bond motifs is 2. The van der Waals surface area contributed by atoms with E-state index in [0.717, 1.165) is 23.7 Å². The number of allylic oxidation sites excluding steroid dienone is 2. The second-order valence-corrected chi connectivity index (χ2v) is 6.70. The Labute approximate surface area is 110 Å². The van der Waals surface area contributed by atoms with E-state index in [1.807, 2.05) is 0 Å². The Balaban J connectivity index is 1.92. The summed E-state index contributed by atoms with van der Waals surface area (Å²) in [6, 6.07) is 2.30. The molecule has 0 aliphatic heterocycles. The van der Waals surface area contributed by atoms with Gasteiger partial charge in [0.2, 0.25) is 0 Å². The Bertz CT molecular complexity index is 455. The molecule has 1 heterocycles. The molecule has 1 N–H and O–H groups in total. The molecule has 0 saturated heterocycles. The normalized spacial score (nSPS) is 34.1. The molecule has 2 nitrogen and oxygen atoms in total. The molecular formula is C16H24N2. The summed E-state index contributed by atoms with van der Waals surface area (Å²) in [5.41, 5.74) is 2.58. The Morgan fingerprint density at radius 2 is 1.89 bits per heavy atom. The third-order valence-corrected chi connectivity index (χ3v) is 4.86. The number of H-pyrrole nitrogens is 1. The van der Waals surface area contributed by atoms with Crippen LogP contribution in [0.2, 0.25) is 0 Å². The average molecular weight is 244 g/mol. The minimum absolute atomic E-state index is 0.515. The van der Waals surface area contributed by atoms with E-state index in [9.17, 15) is 0 Å². The van der Waals surface area contributed by atoms with Gasteiger partial charge in [-0.15, -0.1) is 0 Å². The summed E-state index contributed by atoms with van der Waals surface area (Å²) in [5.74, 6) is 4.26. The lowest BCUT2D eigenvalue weighted by molar-refractivity contribution is 0.290. The Kier molecular flexibility index (Phi) is 2.84. The van der Waals surface area contributed by atoms with Gasteiger partial charge < -0.3 is 0 Å². The van der Waals surface area contributed by atoms with Crippen LogP contribution in [0.4, 0.5) is 0 Å². The third kappa shape index (κ3) is 1.73. The maximum Gasteiger partial charge on any atom is 0.0650 e. The van der Waals surface area contributed by atoms with Crippen LogP contribution in [0.15, 0.2) is 18.2 Å². The summed E-state index contributed by atoms with van der Waals surface area (Å²) < 4.78 is 0. The van der Waals surface area contributed by atoms with E-state index in [2.05, 4.69) is 56.1 Å². The topological polar surface area (TPSA) is 28.7 Å². The van der Waals surface area contributed by atoms with Crippen molar-refractivity contribution in [1.82, 2.24) is 10.2 Å². The van der Waals surface area contributed by atoms with Crippen molar-refractivity contribution in [1.29, 1.82) is 0 Å². The van der Waals surface area contributed by atoms with Crippen LogP contribution in [0.25, 0.3) is 0 Å². The average Bonchev–Trinajstić information content (AvgIpc) is 3.02. The largest absolute Gasteiger partial charge is 0.282 e. The highest BCUT2D eigenvalue weighted by Crippen LogP contribution is 2.55. The van der Waals surface area contributed by atoms with E-state index in [4.69, 9.17) is 0 Å². The summed E-state index contributed by atoms with van der Waals surface area (Å²) in [4.78, 5) is 0. The van der Waals surface area contributed by atoms with E-state index in [1.54, 1.807) is 0 Å². The lowest BCUT2D eigenvalue weighted by Crippen LogP contribution is -2.23. The van der Waals surface area contributed by atoms with Gasteiger partial charge in [0.1, 0.15) is 0 Å². The predicted molar refractivity (Wildman–Crippen MR) is 74.5 cm³/mol. The number of aromatic amines is 1. The van der Waals surface area contributed by atoms with Gasteiger partial charge in [-0.1, -0.05) is 39.8 Å². The minimum atomic E-state index is 0.515. The lowest BCUT2D eigenvalue weighted by atomic mass is 9.75. The second-order valence-electron chi connectivity index (χ2n) is 6.70. The van der Waals surface area contributed by atoms with Crippen LogP contribution in [-0.2, 0) is 0 Å². The molecule has 98 valence electrons. The number of hydrogen-bond donors (Lipinski definition) is 1. The SMILES string of the molecule is CC(C)c1cc(C2C3C=CC(C3)C2C(C)C)[nH]n1. The van der Waals surface area contributed by atoms with Crippen LogP contribution < -0.4 is 0 Å². The maximum absolute atomic E-state index is 4.49. The fraction of sp³-hybridized carbons (Fsp3) is 0.688. The van der Waals surface area contributed by atoms with Crippen molar-refractivity contribution in [2.75, 3.05) is 0 Å². The number of nitrogens with zero attached hydrogens (tertiary/aromatic N) is 1. The molecule has 2 aliphatic carbocycles. The summed E-state index contributed by atoms with van der Waals surface area (Å²) >= 11 is 0. The first kappa shape index (κ1) is 12.0. The molecule has 3 rings (SSSR count). The zero-order valence-electron chi connectivity index (χ0n) is 11.9. The molecule has 2 bridgehead atoms. The minimum Gasteiger partial charge on any atom is -0.282 e. The van der Waals surface area contributed by atoms with Crippen LogP contribution in [0.3, 0.4) is 0 Å². The molecule has 1 aromatic heterocycles. The summed E-state index contributed by atoms with van der Waals surface area (Å²) in [7, 11) is 0. The summed E-state index contributed by atoms with van der Waals surface area (Å²) in [6.07, 6.45) is 6.24. The monoisotopic (exact) mass is 244 g/mol. The molecule has 0 aromatic carbocycles. The molecule has 2 heteroatoms. The maximum atomic E-state index is 4.49. The highest BCUT2D eigenvalue weighted by atomic mass is 15.1. The van der Waals surface area contributed by atoms with Crippen molar-refractivity contribution in [2.45, 2.75) is 46.0 Å². The molecule has 1 fully saturated rings. The van der Waals surface area contributed by atoms with E-state index in [-0.39, 0.29) is 0 Å². The molecule has 4 atom stereocenters.